The van der Waals surface area contributed by atoms with Crippen molar-refractivity contribution in [3.63, 3.8) is 0 Å². The molecule has 0 saturated heterocycles. The summed E-state index contributed by atoms with van der Waals surface area (Å²) in [6, 6.07) is 8.57. The van der Waals surface area contributed by atoms with Gasteiger partial charge in [0.2, 0.25) is 0 Å². The van der Waals surface area contributed by atoms with Gasteiger partial charge in [0.1, 0.15) is 5.75 Å². The Morgan fingerprint density at radius 1 is 1.17 bits per heavy atom. The van der Waals surface area contributed by atoms with E-state index in [0.717, 1.165) is 25.1 Å². The highest BCUT2D eigenvalue weighted by atomic mass is 16.5. The largest absolute Gasteiger partial charge is 0.491 e. The predicted molar refractivity (Wildman–Crippen MR) is 78.3 cm³/mol. The van der Waals surface area contributed by atoms with Crippen molar-refractivity contribution < 1.29 is 4.74 Å². The fourth-order valence-corrected chi connectivity index (χ4v) is 1.97. The molecule has 0 amide bonds. The van der Waals surface area contributed by atoms with Gasteiger partial charge >= 0.3 is 0 Å². The lowest BCUT2D eigenvalue weighted by molar-refractivity contribution is 0.208. The minimum atomic E-state index is 0.292. The standard InChI is InChI=1S/C16H27NO/c1-4-5-8-15-9-11-16(12-10-15)18-14(2)7-6-13-17-3/h9-12,14,17H,4-8,13H2,1-3H3. The summed E-state index contributed by atoms with van der Waals surface area (Å²) in [6.07, 6.45) is 6.24. The Balaban J connectivity index is 2.33. The highest BCUT2D eigenvalue weighted by Gasteiger charge is 2.03. The molecule has 1 unspecified atom stereocenters. The number of unbranched alkanes of at least 4 members (excludes halogenated alkanes) is 1. The second-order valence-electron chi connectivity index (χ2n) is 4.92. The summed E-state index contributed by atoms with van der Waals surface area (Å²) in [4.78, 5) is 0. The van der Waals surface area contributed by atoms with Gasteiger partial charge in [0, 0.05) is 0 Å². The molecule has 0 spiro atoms. The van der Waals surface area contributed by atoms with E-state index in [1.165, 1.54) is 24.8 Å². The molecule has 102 valence electrons. The monoisotopic (exact) mass is 249 g/mol. The maximum absolute atomic E-state index is 5.89. The van der Waals surface area contributed by atoms with E-state index in [9.17, 15) is 0 Å². The van der Waals surface area contributed by atoms with Crippen molar-refractivity contribution >= 4 is 0 Å². The summed E-state index contributed by atoms with van der Waals surface area (Å²) in [6.45, 7) is 5.43. The summed E-state index contributed by atoms with van der Waals surface area (Å²) < 4.78 is 5.89. The lowest BCUT2D eigenvalue weighted by atomic mass is 10.1. The number of aryl methyl sites for hydroxylation is 1. The molecule has 0 bridgehead atoms. The topological polar surface area (TPSA) is 21.3 Å². The zero-order valence-electron chi connectivity index (χ0n) is 12.0. The molecule has 0 aliphatic rings. The Morgan fingerprint density at radius 2 is 1.89 bits per heavy atom. The van der Waals surface area contributed by atoms with E-state index in [0.29, 0.717) is 6.10 Å². The van der Waals surface area contributed by atoms with Crippen LogP contribution in [-0.4, -0.2) is 19.7 Å². The molecule has 2 nitrogen and oxygen atoms in total. The number of rotatable bonds is 9. The maximum Gasteiger partial charge on any atom is 0.119 e. The van der Waals surface area contributed by atoms with Crippen LogP contribution in [0.4, 0.5) is 0 Å². The van der Waals surface area contributed by atoms with Crippen LogP contribution in [0.1, 0.15) is 45.1 Å². The molecule has 0 aliphatic heterocycles. The summed E-state index contributed by atoms with van der Waals surface area (Å²) in [5.41, 5.74) is 1.41. The SMILES string of the molecule is CCCCc1ccc(OC(C)CCCNC)cc1. The Hall–Kier alpha value is -1.02. The van der Waals surface area contributed by atoms with E-state index in [1.54, 1.807) is 0 Å². The molecule has 1 aromatic carbocycles. The fourth-order valence-electron chi connectivity index (χ4n) is 1.97. The molecule has 0 heterocycles. The van der Waals surface area contributed by atoms with Crippen molar-refractivity contribution in [2.75, 3.05) is 13.6 Å². The van der Waals surface area contributed by atoms with E-state index in [4.69, 9.17) is 4.74 Å². The summed E-state index contributed by atoms with van der Waals surface area (Å²) in [7, 11) is 1.99. The highest BCUT2D eigenvalue weighted by molar-refractivity contribution is 5.27. The van der Waals surface area contributed by atoms with Gasteiger partial charge in [-0.2, -0.15) is 0 Å². The number of benzene rings is 1. The molecule has 0 aromatic heterocycles. The van der Waals surface area contributed by atoms with E-state index >= 15 is 0 Å². The van der Waals surface area contributed by atoms with Crippen molar-refractivity contribution in [2.45, 2.75) is 52.1 Å². The van der Waals surface area contributed by atoms with Gasteiger partial charge in [0.05, 0.1) is 6.10 Å². The first kappa shape index (κ1) is 15.0. The van der Waals surface area contributed by atoms with Crippen molar-refractivity contribution in [3.05, 3.63) is 29.8 Å². The van der Waals surface area contributed by atoms with Crippen LogP contribution < -0.4 is 10.1 Å². The van der Waals surface area contributed by atoms with Gasteiger partial charge in [-0.1, -0.05) is 25.5 Å². The molecular formula is C16H27NO. The molecule has 0 fully saturated rings. The average Bonchev–Trinajstić information content (AvgIpc) is 2.38. The summed E-state index contributed by atoms with van der Waals surface area (Å²) in [5.74, 6) is 0.993. The molecule has 2 heteroatoms. The Labute approximate surface area is 112 Å². The zero-order valence-corrected chi connectivity index (χ0v) is 12.0. The molecule has 0 saturated carbocycles. The first-order chi connectivity index (χ1) is 8.76. The van der Waals surface area contributed by atoms with Crippen LogP contribution in [0.2, 0.25) is 0 Å². The minimum absolute atomic E-state index is 0.292. The first-order valence-corrected chi connectivity index (χ1v) is 7.16. The van der Waals surface area contributed by atoms with Crippen LogP contribution in [0.5, 0.6) is 5.75 Å². The third-order valence-corrected chi connectivity index (χ3v) is 3.12. The number of hydrogen-bond donors (Lipinski definition) is 1. The molecule has 1 atom stereocenters. The quantitative estimate of drug-likeness (QED) is 0.672. The van der Waals surface area contributed by atoms with E-state index in [-0.39, 0.29) is 0 Å². The van der Waals surface area contributed by atoms with Gasteiger partial charge in [-0.3, -0.25) is 0 Å². The molecule has 1 N–H and O–H groups in total. The average molecular weight is 249 g/mol. The van der Waals surface area contributed by atoms with Gasteiger partial charge in [-0.05, 0) is 63.9 Å². The third-order valence-electron chi connectivity index (χ3n) is 3.12. The second kappa shape index (κ2) is 8.98. The van der Waals surface area contributed by atoms with Gasteiger partial charge in [-0.25, -0.2) is 0 Å². The highest BCUT2D eigenvalue weighted by Crippen LogP contribution is 2.16. The molecule has 0 radical (unpaired) electrons. The Kier molecular flexibility index (Phi) is 7.51. The molecule has 18 heavy (non-hydrogen) atoms. The van der Waals surface area contributed by atoms with Gasteiger partial charge in [-0.15, -0.1) is 0 Å². The van der Waals surface area contributed by atoms with Gasteiger partial charge < -0.3 is 10.1 Å². The molecule has 1 aromatic rings. The fraction of sp³-hybridized carbons (Fsp3) is 0.625. The molecule has 1 rings (SSSR count). The number of hydrogen-bond acceptors (Lipinski definition) is 2. The van der Waals surface area contributed by atoms with E-state index in [2.05, 4.69) is 43.4 Å². The lowest BCUT2D eigenvalue weighted by Crippen LogP contribution is -2.15. The first-order valence-electron chi connectivity index (χ1n) is 7.16. The smallest absolute Gasteiger partial charge is 0.119 e. The van der Waals surface area contributed by atoms with Crippen LogP contribution in [0.25, 0.3) is 0 Å². The van der Waals surface area contributed by atoms with E-state index in [1.807, 2.05) is 7.05 Å². The van der Waals surface area contributed by atoms with Crippen molar-refractivity contribution in [2.24, 2.45) is 0 Å². The lowest BCUT2D eigenvalue weighted by Gasteiger charge is -2.14. The maximum atomic E-state index is 5.89. The normalized spacial score (nSPS) is 12.4. The van der Waals surface area contributed by atoms with Crippen LogP contribution >= 0.6 is 0 Å². The summed E-state index contributed by atoms with van der Waals surface area (Å²) >= 11 is 0. The van der Waals surface area contributed by atoms with Gasteiger partial charge in [0.25, 0.3) is 0 Å². The molecule has 0 aliphatic carbocycles. The predicted octanol–water partition coefficient (Wildman–Crippen LogP) is 3.80. The van der Waals surface area contributed by atoms with E-state index < -0.39 is 0 Å². The van der Waals surface area contributed by atoms with Crippen LogP contribution in [0.15, 0.2) is 24.3 Å². The van der Waals surface area contributed by atoms with Crippen LogP contribution in [0, 0.1) is 0 Å². The summed E-state index contributed by atoms with van der Waals surface area (Å²) in [5, 5.41) is 3.16. The van der Waals surface area contributed by atoms with Crippen molar-refractivity contribution in [1.29, 1.82) is 0 Å². The second-order valence-corrected chi connectivity index (χ2v) is 4.92. The number of ether oxygens (including phenoxy) is 1. The van der Waals surface area contributed by atoms with Crippen LogP contribution in [0.3, 0.4) is 0 Å². The van der Waals surface area contributed by atoms with Crippen molar-refractivity contribution in [1.82, 2.24) is 5.32 Å². The zero-order chi connectivity index (χ0) is 13.2. The number of nitrogens with one attached hydrogen (secondary N) is 1. The Bertz CT molecular complexity index is 307. The van der Waals surface area contributed by atoms with Crippen molar-refractivity contribution in [3.8, 4) is 5.75 Å². The van der Waals surface area contributed by atoms with Crippen LogP contribution in [-0.2, 0) is 6.42 Å². The Morgan fingerprint density at radius 3 is 2.50 bits per heavy atom. The minimum Gasteiger partial charge on any atom is -0.491 e. The van der Waals surface area contributed by atoms with Gasteiger partial charge in [0.15, 0.2) is 0 Å². The molecular weight excluding hydrogens is 222 g/mol. The third kappa shape index (κ3) is 6.06.